The summed E-state index contributed by atoms with van der Waals surface area (Å²) in [6.45, 7) is 5.80. The van der Waals surface area contributed by atoms with Crippen LogP contribution in [0.2, 0.25) is 5.02 Å². The van der Waals surface area contributed by atoms with E-state index in [1.54, 1.807) is 18.2 Å². The van der Waals surface area contributed by atoms with E-state index in [1.807, 2.05) is 38.1 Å². The Labute approximate surface area is 181 Å². The van der Waals surface area contributed by atoms with E-state index in [0.29, 0.717) is 28.5 Å². The number of aromatic nitrogens is 1. The number of hydrogen-bond acceptors (Lipinski definition) is 4. The molecule has 0 saturated heterocycles. The molecule has 0 fully saturated rings. The Morgan fingerprint density at radius 2 is 1.83 bits per heavy atom. The van der Waals surface area contributed by atoms with E-state index >= 15 is 0 Å². The first-order valence-corrected chi connectivity index (χ1v) is 10.5. The highest BCUT2D eigenvalue weighted by molar-refractivity contribution is 6.30. The lowest BCUT2D eigenvalue weighted by atomic mass is 9.70. The quantitative estimate of drug-likeness (QED) is 0.748. The zero-order chi connectivity index (χ0) is 21.4. The second-order valence-electron chi connectivity index (χ2n) is 8.21. The number of aryl methyl sites for hydroxylation is 1. The average Bonchev–Trinajstić information content (AvgIpc) is 2.67. The molecule has 1 aromatic heterocycles. The first kappa shape index (κ1) is 20.5. The fourth-order valence-electron chi connectivity index (χ4n) is 4.44. The molecule has 0 radical (unpaired) electrons. The molecule has 1 aromatic carbocycles. The fourth-order valence-corrected chi connectivity index (χ4v) is 4.56. The highest BCUT2D eigenvalue weighted by Gasteiger charge is 2.43. The van der Waals surface area contributed by atoms with Crippen molar-refractivity contribution in [3.05, 3.63) is 70.0 Å². The fraction of sp³-hybridized carbons (Fsp3) is 0.333. The molecule has 2 heterocycles. The summed E-state index contributed by atoms with van der Waals surface area (Å²) in [6.07, 6.45) is 1.22. The van der Waals surface area contributed by atoms with Crippen LogP contribution in [0.15, 0.2) is 58.7 Å². The molecule has 1 amide bonds. The van der Waals surface area contributed by atoms with Crippen LogP contribution in [0.3, 0.4) is 0 Å². The number of nitrogens with zero attached hydrogens (tertiary/aromatic N) is 2. The Bertz CT molecular complexity index is 1070. The van der Waals surface area contributed by atoms with Crippen molar-refractivity contribution in [3.63, 3.8) is 0 Å². The molecule has 0 spiro atoms. The van der Waals surface area contributed by atoms with Crippen LogP contribution in [-0.4, -0.2) is 22.4 Å². The van der Waals surface area contributed by atoms with E-state index in [4.69, 9.17) is 16.6 Å². The molecule has 5 nitrogen and oxygen atoms in total. The lowest BCUT2D eigenvalue weighted by Gasteiger charge is -2.36. The van der Waals surface area contributed by atoms with Gasteiger partial charge in [-0.1, -0.05) is 36.7 Å². The molecular weight excluding hydrogens is 398 g/mol. The van der Waals surface area contributed by atoms with Gasteiger partial charge in [-0.3, -0.25) is 14.6 Å². The summed E-state index contributed by atoms with van der Waals surface area (Å²) in [5.41, 5.74) is 3.90. The number of carbonyl (C=O) groups is 2. The number of Topliss-reactive ketones (excluding diaryl/α,β-unsaturated/α-hetero) is 1. The van der Waals surface area contributed by atoms with Crippen LogP contribution in [0, 0.1) is 18.8 Å². The van der Waals surface area contributed by atoms with Gasteiger partial charge < -0.3 is 5.32 Å². The number of allylic oxidation sites excluding steroid dienone is 2. The van der Waals surface area contributed by atoms with Crippen molar-refractivity contribution in [2.45, 2.75) is 39.5 Å². The maximum Gasteiger partial charge on any atom is 0.235 e. The molecule has 2 aromatic rings. The SMILES string of the molecule is CC1=NC2=C(C(=O)C[C@@H](C)C2)[C@H](c2ccc(Cl)cc2)C1C(=O)Nc1cccc(C)n1. The first-order valence-electron chi connectivity index (χ1n) is 10.1. The Morgan fingerprint density at radius 1 is 1.10 bits per heavy atom. The monoisotopic (exact) mass is 421 g/mol. The molecule has 1 aliphatic carbocycles. The second kappa shape index (κ2) is 8.15. The van der Waals surface area contributed by atoms with Crippen molar-refractivity contribution in [2.24, 2.45) is 16.8 Å². The van der Waals surface area contributed by atoms with Gasteiger partial charge in [0.15, 0.2) is 5.78 Å². The zero-order valence-electron chi connectivity index (χ0n) is 17.3. The molecule has 3 atom stereocenters. The smallest absolute Gasteiger partial charge is 0.235 e. The van der Waals surface area contributed by atoms with Gasteiger partial charge in [0.25, 0.3) is 0 Å². The molecule has 1 unspecified atom stereocenters. The third-order valence-corrected chi connectivity index (χ3v) is 6.00. The van der Waals surface area contributed by atoms with E-state index in [1.165, 1.54) is 0 Å². The van der Waals surface area contributed by atoms with Crippen LogP contribution >= 0.6 is 11.6 Å². The summed E-state index contributed by atoms with van der Waals surface area (Å²) in [4.78, 5) is 35.6. The molecule has 6 heteroatoms. The van der Waals surface area contributed by atoms with E-state index < -0.39 is 5.92 Å². The Morgan fingerprint density at radius 3 is 2.53 bits per heavy atom. The number of halogens is 1. The maximum absolute atomic E-state index is 13.4. The average molecular weight is 422 g/mol. The molecule has 2 aliphatic rings. The minimum absolute atomic E-state index is 0.0754. The van der Waals surface area contributed by atoms with Gasteiger partial charge in [0, 0.05) is 40.0 Å². The van der Waals surface area contributed by atoms with Crippen LogP contribution < -0.4 is 5.32 Å². The largest absolute Gasteiger partial charge is 0.310 e. The number of pyridine rings is 1. The topological polar surface area (TPSA) is 71.4 Å². The molecule has 0 bridgehead atoms. The number of nitrogens with one attached hydrogen (secondary N) is 1. The minimum atomic E-state index is -0.593. The number of aliphatic imine (C=N–C) groups is 1. The maximum atomic E-state index is 13.4. The second-order valence-corrected chi connectivity index (χ2v) is 8.65. The first-order chi connectivity index (χ1) is 14.3. The number of benzene rings is 1. The third-order valence-electron chi connectivity index (χ3n) is 5.74. The number of hydrogen-bond donors (Lipinski definition) is 1. The Kier molecular flexibility index (Phi) is 5.56. The van der Waals surface area contributed by atoms with E-state index in [0.717, 1.165) is 23.4 Å². The van der Waals surface area contributed by atoms with Crippen molar-refractivity contribution in [1.82, 2.24) is 4.98 Å². The summed E-state index contributed by atoms with van der Waals surface area (Å²) < 4.78 is 0. The van der Waals surface area contributed by atoms with E-state index in [2.05, 4.69) is 17.2 Å². The van der Waals surface area contributed by atoms with Gasteiger partial charge in [0.05, 0.1) is 5.92 Å². The molecule has 30 heavy (non-hydrogen) atoms. The normalized spacial score (nSPS) is 23.7. The van der Waals surface area contributed by atoms with Crippen LogP contribution in [-0.2, 0) is 9.59 Å². The third kappa shape index (κ3) is 3.94. The number of carbonyl (C=O) groups excluding carboxylic acids is 2. The minimum Gasteiger partial charge on any atom is -0.310 e. The van der Waals surface area contributed by atoms with Gasteiger partial charge in [0.2, 0.25) is 5.91 Å². The lowest BCUT2D eigenvalue weighted by molar-refractivity contribution is -0.119. The van der Waals surface area contributed by atoms with Crippen LogP contribution in [0.5, 0.6) is 0 Å². The molecule has 1 aliphatic heterocycles. The van der Waals surface area contributed by atoms with Crippen molar-refractivity contribution in [1.29, 1.82) is 0 Å². The van der Waals surface area contributed by atoms with Crippen molar-refractivity contribution < 1.29 is 9.59 Å². The Hall–Kier alpha value is -2.79. The number of ketones is 1. The molecular formula is C24H24ClN3O2. The van der Waals surface area contributed by atoms with Gasteiger partial charge in [-0.05, 0) is 56.0 Å². The molecule has 1 N–H and O–H groups in total. The zero-order valence-corrected chi connectivity index (χ0v) is 18.0. The molecule has 154 valence electrons. The highest BCUT2D eigenvalue weighted by atomic mass is 35.5. The van der Waals surface area contributed by atoms with Crippen molar-refractivity contribution in [2.75, 3.05) is 5.32 Å². The predicted molar refractivity (Wildman–Crippen MR) is 119 cm³/mol. The molecule has 4 rings (SSSR count). The van der Waals surface area contributed by atoms with Crippen molar-refractivity contribution in [3.8, 4) is 0 Å². The lowest BCUT2D eigenvalue weighted by Crippen LogP contribution is -2.39. The van der Waals surface area contributed by atoms with Crippen LogP contribution in [0.4, 0.5) is 5.82 Å². The number of rotatable bonds is 3. The van der Waals surface area contributed by atoms with Gasteiger partial charge in [-0.15, -0.1) is 0 Å². The standard InChI is InChI=1S/C24H24ClN3O2/c1-13-11-18-23(19(29)12-13)22(16-7-9-17(25)10-8-16)21(15(3)27-18)24(30)28-20-6-4-5-14(2)26-20/h4-10,13,21-22H,11-12H2,1-3H3,(H,26,28,30)/t13-,21?,22+/m0/s1. The van der Waals surface area contributed by atoms with Crippen molar-refractivity contribution >= 4 is 34.8 Å². The predicted octanol–water partition coefficient (Wildman–Crippen LogP) is 5.11. The summed E-state index contributed by atoms with van der Waals surface area (Å²) in [5.74, 6) is -0.380. The van der Waals surface area contributed by atoms with Gasteiger partial charge >= 0.3 is 0 Å². The molecule has 0 saturated carbocycles. The van der Waals surface area contributed by atoms with E-state index in [9.17, 15) is 9.59 Å². The van der Waals surface area contributed by atoms with Crippen LogP contribution in [0.25, 0.3) is 0 Å². The summed E-state index contributed by atoms with van der Waals surface area (Å²) in [5, 5.41) is 3.54. The van der Waals surface area contributed by atoms with Gasteiger partial charge in [-0.25, -0.2) is 4.98 Å². The number of anilines is 1. The summed E-state index contributed by atoms with van der Waals surface area (Å²) >= 11 is 6.10. The van der Waals surface area contributed by atoms with Gasteiger partial charge in [-0.2, -0.15) is 0 Å². The number of amides is 1. The summed E-state index contributed by atoms with van der Waals surface area (Å²) in [6, 6.07) is 12.9. The van der Waals surface area contributed by atoms with Gasteiger partial charge in [0.1, 0.15) is 5.82 Å². The Balaban J connectivity index is 1.78. The summed E-state index contributed by atoms with van der Waals surface area (Å²) in [7, 11) is 0. The highest BCUT2D eigenvalue weighted by Crippen LogP contribution is 2.44. The van der Waals surface area contributed by atoms with Crippen LogP contribution in [0.1, 0.15) is 43.9 Å². The van der Waals surface area contributed by atoms with E-state index in [-0.39, 0.29) is 23.5 Å².